The highest BCUT2D eigenvalue weighted by Gasteiger charge is 2.13. The van der Waals surface area contributed by atoms with E-state index in [1.54, 1.807) is 32.4 Å². The number of aromatic nitrogens is 1. The molecular weight excluding hydrogens is 332 g/mol. The first-order valence-electron chi connectivity index (χ1n) is 8.41. The first-order valence-corrected chi connectivity index (χ1v) is 8.41. The molecule has 0 aliphatic carbocycles. The Morgan fingerprint density at radius 3 is 2.65 bits per heavy atom. The fourth-order valence-electron chi connectivity index (χ4n) is 2.65. The number of nitrogens with one attached hydrogen (secondary N) is 1. The molecule has 26 heavy (non-hydrogen) atoms. The number of methoxy groups -OCH3 is 2. The van der Waals surface area contributed by atoms with Crippen LogP contribution in [-0.2, 0) is 11.2 Å². The highest BCUT2D eigenvalue weighted by atomic mass is 16.5. The quantitative estimate of drug-likeness (QED) is 0.720. The Labute approximate surface area is 152 Å². The van der Waals surface area contributed by atoms with Gasteiger partial charge in [-0.25, -0.2) is 4.98 Å². The summed E-state index contributed by atoms with van der Waals surface area (Å²) >= 11 is 0. The van der Waals surface area contributed by atoms with E-state index in [4.69, 9.17) is 13.9 Å². The van der Waals surface area contributed by atoms with Gasteiger partial charge in [0.15, 0.2) is 11.5 Å². The average Bonchev–Trinajstić information content (AvgIpc) is 3.05. The molecule has 3 aromatic rings. The number of hydrogen-bond acceptors (Lipinski definition) is 5. The van der Waals surface area contributed by atoms with Crippen molar-refractivity contribution in [2.24, 2.45) is 0 Å². The zero-order valence-corrected chi connectivity index (χ0v) is 15.3. The van der Waals surface area contributed by atoms with E-state index >= 15 is 0 Å². The SMILES string of the molecule is COc1ccc(CC(=O)Nc2ccc3oc(C(C)C)nc3c2)c(OC)c1. The maximum atomic E-state index is 12.4. The zero-order valence-electron chi connectivity index (χ0n) is 15.3. The van der Waals surface area contributed by atoms with E-state index in [2.05, 4.69) is 10.3 Å². The van der Waals surface area contributed by atoms with Gasteiger partial charge in [-0.2, -0.15) is 0 Å². The van der Waals surface area contributed by atoms with Gasteiger partial charge in [0.05, 0.1) is 20.6 Å². The van der Waals surface area contributed by atoms with E-state index in [1.807, 2.05) is 32.0 Å². The van der Waals surface area contributed by atoms with Gasteiger partial charge in [0.2, 0.25) is 5.91 Å². The van der Waals surface area contributed by atoms with Crippen molar-refractivity contribution in [2.75, 3.05) is 19.5 Å². The minimum absolute atomic E-state index is 0.139. The van der Waals surface area contributed by atoms with E-state index in [0.717, 1.165) is 11.1 Å². The van der Waals surface area contributed by atoms with Crippen LogP contribution in [0.5, 0.6) is 11.5 Å². The Morgan fingerprint density at radius 2 is 1.96 bits per heavy atom. The smallest absolute Gasteiger partial charge is 0.228 e. The third-order valence-electron chi connectivity index (χ3n) is 4.03. The molecule has 3 rings (SSSR count). The summed E-state index contributed by atoms with van der Waals surface area (Å²) in [7, 11) is 3.16. The van der Waals surface area contributed by atoms with E-state index in [0.29, 0.717) is 28.7 Å². The van der Waals surface area contributed by atoms with Crippen LogP contribution in [0.25, 0.3) is 11.1 Å². The molecule has 6 nitrogen and oxygen atoms in total. The van der Waals surface area contributed by atoms with Crippen molar-refractivity contribution in [3.8, 4) is 11.5 Å². The lowest BCUT2D eigenvalue weighted by Crippen LogP contribution is -2.14. The molecule has 0 bridgehead atoms. The van der Waals surface area contributed by atoms with Crippen molar-refractivity contribution in [1.29, 1.82) is 0 Å². The third-order valence-corrected chi connectivity index (χ3v) is 4.03. The molecule has 1 aromatic heterocycles. The maximum absolute atomic E-state index is 12.4. The second-order valence-corrected chi connectivity index (χ2v) is 6.29. The topological polar surface area (TPSA) is 73.6 Å². The lowest BCUT2D eigenvalue weighted by Gasteiger charge is -2.10. The minimum Gasteiger partial charge on any atom is -0.497 e. The van der Waals surface area contributed by atoms with Crippen LogP contribution in [0.2, 0.25) is 0 Å². The summed E-state index contributed by atoms with van der Waals surface area (Å²) in [6.45, 7) is 4.05. The highest BCUT2D eigenvalue weighted by molar-refractivity contribution is 5.94. The van der Waals surface area contributed by atoms with Gasteiger partial charge >= 0.3 is 0 Å². The molecule has 6 heteroatoms. The molecule has 0 saturated carbocycles. The fraction of sp³-hybridized carbons (Fsp3) is 0.300. The number of fused-ring (bicyclic) bond motifs is 1. The monoisotopic (exact) mass is 354 g/mol. The Bertz CT molecular complexity index is 931. The Hall–Kier alpha value is -3.02. The molecule has 0 saturated heterocycles. The van der Waals surface area contributed by atoms with Crippen molar-refractivity contribution in [2.45, 2.75) is 26.2 Å². The fourth-order valence-corrected chi connectivity index (χ4v) is 2.65. The summed E-state index contributed by atoms with van der Waals surface area (Å²) in [5.41, 5.74) is 2.91. The molecule has 0 atom stereocenters. The van der Waals surface area contributed by atoms with Crippen molar-refractivity contribution >= 4 is 22.7 Å². The van der Waals surface area contributed by atoms with E-state index in [1.165, 1.54) is 0 Å². The number of nitrogens with zero attached hydrogens (tertiary/aromatic N) is 1. The lowest BCUT2D eigenvalue weighted by atomic mass is 10.1. The summed E-state index contributed by atoms with van der Waals surface area (Å²) < 4.78 is 16.2. The summed E-state index contributed by atoms with van der Waals surface area (Å²) in [6.07, 6.45) is 0.196. The van der Waals surface area contributed by atoms with Crippen LogP contribution in [0.1, 0.15) is 31.2 Å². The van der Waals surface area contributed by atoms with E-state index in [-0.39, 0.29) is 18.2 Å². The summed E-state index contributed by atoms with van der Waals surface area (Å²) in [4.78, 5) is 16.9. The molecule has 0 fully saturated rings. The van der Waals surface area contributed by atoms with Gasteiger partial charge in [-0.3, -0.25) is 4.79 Å². The van der Waals surface area contributed by atoms with Gasteiger partial charge in [0.1, 0.15) is 17.0 Å². The van der Waals surface area contributed by atoms with Crippen LogP contribution in [0.15, 0.2) is 40.8 Å². The van der Waals surface area contributed by atoms with Gasteiger partial charge in [-0.05, 0) is 24.3 Å². The Morgan fingerprint density at radius 1 is 1.15 bits per heavy atom. The molecule has 0 radical (unpaired) electrons. The molecule has 2 aromatic carbocycles. The number of amides is 1. The first kappa shape index (κ1) is 17.8. The van der Waals surface area contributed by atoms with Crippen LogP contribution in [0, 0.1) is 0 Å². The predicted octanol–water partition coefficient (Wildman–Crippen LogP) is 4.15. The van der Waals surface area contributed by atoms with E-state index < -0.39 is 0 Å². The standard InChI is InChI=1S/C20H22N2O4/c1-12(2)20-22-16-10-14(6-8-17(16)26-20)21-19(23)9-13-5-7-15(24-3)11-18(13)25-4/h5-8,10-12H,9H2,1-4H3,(H,21,23). The molecule has 1 amide bonds. The number of ether oxygens (including phenoxy) is 2. The molecular formula is C20H22N2O4. The van der Waals surface area contributed by atoms with Crippen molar-refractivity contribution in [1.82, 2.24) is 4.98 Å². The van der Waals surface area contributed by atoms with Crippen LogP contribution < -0.4 is 14.8 Å². The largest absolute Gasteiger partial charge is 0.497 e. The summed E-state index contributed by atoms with van der Waals surface area (Å²) in [5, 5.41) is 2.89. The van der Waals surface area contributed by atoms with Crippen LogP contribution in [0.4, 0.5) is 5.69 Å². The maximum Gasteiger partial charge on any atom is 0.228 e. The average molecular weight is 354 g/mol. The van der Waals surface area contributed by atoms with Gasteiger partial charge in [0, 0.05) is 23.2 Å². The van der Waals surface area contributed by atoms with E-state index in [9.17, 15) is 4.79 Å². The molecule has 1 N–H and O–H groups in total. The number of rotatable bonds is 6. The van der Waals surface area contributed by atoms with Crippen LogP contribution in [0.3, 0.4) is 0 Å². The van der Waals surface area contributed by atoms with Crippen molar-refractivity contribution in [3.63, 3.8) is 0 Å². The number of oxazole rings is 1. The number of benzene rings is 2. The summed E-state index contributed by atoms with van der Waals surface area (Å²) in [6, 6.07) is 10.8. The zero-order chi connectivity index (χ0) is 18.7. The predicted molar refractivity (Wildman–Crippen MR) is 100.0 cm³/mol. The molecule has 1 heterocycles. The van der Waals surface area contributed by atoms with Gasteiger partial charge < -0.3 is 19.2 Å². The van der Waals surface area contributed by atoms with Gasteiger partial charge in [-0.15, -0.1) is 0 Å². The van der Waals surface area contributed by atoms with Crippen molar-refractivity contribution in [3.05, 3.63) is 47.9 Å². The van der Waals surface area contributed by atoms with Crippen LogP contribution in [-0.4, -0.2) is 25.1 Å². The summed E-state index contributed by atoms with van der Waals surface area (Å²) in [5.74, 6) is 2.06. The van der Waals surface area contributed by atoms with Gasteiger partial charge in [-0.1, -0.05) is 19.9 Å². The second kappa shape index (κ2) is 7.47. The van der Waals surface area contributed by atoms with Crippen molar-refractivity contribution < 1.29 is 18.7 Å². The molecule has 0 spiro atoms. The molecule has 136 valence electrons. The number of carbonyl (C=O) groups is 1. The molecule has 0 aliphatic heterocycles. The van der Waals surface area contributed by atoms with Gasteiger partial charge in [0.25, 0.3) is 0 Å². The van der Waals surface area contributed by atoms with Crippen LogP contribution >= 0.6 is 0 Å². The normalized spacial score (nSPS) is 11.0. The first-order chi connectivity index (χ1) is 12.5. The second-order valence-electron chi connectivity index (χ2n) is 6.29. The number of hydrogen-bond donors (Lipinski definition) is 1. The number of carbonyl (C=O) groups excluding carboxylic acids is 1. The lowest BCUT2D eigenvalue weighted by molar-refractivity contribution is -0.115. The Balaban J connectivity index is 1.74. The molecule has 0 unspecified atom stereocenters. The minimum atomic E-state index is -0.139. The molecule has 0 aliphatic rings. The third kappa shape index (κ3) is 3.79. The Kier molecular flexibility index (Phi) is 5.11. The number of anilines is 1. The highest BCUT2D eigenvalue weighted by Crippen LogP contribution is 2.26.